The van der Waals surface area contributed by atoms with Gasteiger partial charge in [-0.1, -0.05) is 45.2 Å². The summed E-state index contributed by atoms with van der Waals surface area (Å²) in [5.74, 6) is 1.18. The van der Waals surface area contributed by atoms with E-state index in [1.165, 1.54) is 0 Å². The normalized spacial score (nSPS) is 10.7. The van der Waals surface area contributed by atoms with Gasteiger partial charge in [-0.2, -0.15) is 5.10 Å². The first-order chi connectivity index (χ1) is 8.54. The van der Waals surface area contributed by atoms with Crippen molar-refractivity contribution in [2.24, 2.45) is 7.05 Å². The Morgan fingerprint density at radius 2 is 2.11 bits per heavy atom. The third-order valence-electron chi connectivity index (χ3n) is 2.55. The quantitative estimate of drug-likeness (QED) is 0.749. The number of hydrogen-bond acceptors (Lipinski definition) is 2. The molecule has 0 fully saturated rings. The second kappa shape index (κ2) is 5.51. The maximum absolute atomic E-state index is 6.10. The first-order valence-electron chi connectivity index (χ1n) is 5.25. The van der Waals surface area contributed by atoms with Crippen molar-refractivity contribution in [3.8, 4) is 11.6 Å². The van der Waals surface area contributed by atoms with Gasteiger partial charge < -0.3 is 4.74 Å². The van der Waals surface area contributed by atoms with E-state index in [1.54, 1.807) is 22.9 Å². The Hall–Kier alpha value is -0.710. The van der Waals surface area contributed by atoms with Crippen LogP contribution in [0.1, 0.15) is 11.3 Å². The summed E-state index contributed by atoms with van der Waals surface area (Å²) in [6.45, 7) is 1.93. The maximum Gasteiger partial charge on any atom is 0.221 e. The molecule has 0 amide bonds. The van der Waals surface area contributed by atoms with E-state index in [4.69, 9.17) is 27.9 Å². The van der Waals surface area contributed by atoms with Crippen LogP contribution in [0.25, 0.3) is 0 Å². The summed E-state index contributed by atoms with van der Waals surface area (Å²) in [6.07, 6.45) is 0. The number of alkyl halides is 1. The second-order valence-electron chi connectivity index (χ2n) is 3.78. The van der Waals surface area contributed by atoms with Crippen LogP contribution in [0.5, 0.6) is 11.6 Å². The summed E-state index contributed by atoms with van der Waals surface area (Å²) < 4.78 is 7.50. The number of rotatable bonds is 3. The minimum absolute atomic E-state index is 0.401. The topological polar surface area (TPSA) is 27.1 Å². The smallest absolute Gasteiger partial charge is 0.221 e. The predicted octanol–water partition coefficient (Wildman–Crippen LogP) is 4.72. The Morgan fingerprint density at radius 1 is 1.39 bits per heavy atom. The molecule has 0 aliphatic rings. The molecule has 0 unspecified atom stereocenters. The monoisotopic (exact) mass is 348 g/mol. The highest BCUT2D eigenvalue weighted by Crippen LogP contribution is 2.36. The summed E-state index contributed by atoms with van der Waals surface area (Å²) in [5, 5.41) is 5.85. The van der Waals surface area contributed by atoms with E-state index in [0.29, 0.717) is 27.0 Å². The van der Waals surface area contributed by atoms with Crippen LogP contribution in [-0.2, 0) is 12.4 Å². The van der Waals surface area contributed by atoms with Crippen LogP contribution in [0, 0.1) is 6.92 Å². The summed E-state index contributed by atoms with van der Waals surface area (Å²) in [6, 6.07) is 5.28. The lowest BCUT2D eigenvalue weighted by atomic mass is 10.3. The molecule has 0 spiro atoms. The van der Waals surface area contributed by atoms with Gasteiger partial charge in [-0.3, -0.25) is 0 Å². The molecule has 1 heterocycles. The molecule has 0 aliphatic heterocycles. The molecule has 3 nitrogen and oxygen atoms in total. The Labute approximate surface area is 124 Å². The van der Waals surface area contributed by atoms with Gasteiger partial charge in [0.25, 0.3) is 0 Å². The highest BCUT2D eigenvalue weighted by Gasteiger charge is 2.16. The average Bonchev–Trinajstić information content (AvgIpc) is 2.59. The first-order valence-corrected chi connectivity index (χ1v) is 7.12. The standard InChI is InChI=1S/C12H11BrCl2N2O/c1-7-8(6-13)12(17(2)16-7)18-10-5-3-4-9(14)11(10)15/h3-5H,6H2,1-2H3. The molecule has 0 saturated heterocycles. The van der Waals surface area contributed by atoms with E-state index in [2.05, 4.69) is 21.0 Å². The molecular formula is C12H11BrCl2N2O. The van der Waals surface area contributed by atoms with Gasteiger partial charge >= 0.3 is 0 Å². The summed E-state index contributed by atoms with van der Waals surface area (Å²) >= 11 is 15.5. The van der Waals surface area contributed by atoms with Gasteiger partial charge in [0.1, 0.15) is 10.8 Å². The Bertz CT molecular complexity index is 584. The molecule has 6 heteroatoms. The van der Waals surface area contributed by atoms with Gasteiger partial charge in [0.2, 0.25) is 5.88 Å². The molecule has 96 valence electrons. The van der Waals surface area contributed by atoms with Crippen molar-refractivity contribution in [1.82, 2.24) is 9.78 Å². The summed E-state index contributed by atoms with van der Waals surface area (Å²) in [4.78, 5) is 0. The number of aromatic nitrogens is 2. The fourth-order valence-corrected chi connectivity index (χ4v) is 2.61. The second-order valence-corrected chi connectivity index (χ2v) is 5.13. The molecule has 1 aromatic heterocycles. The minimum Gasteiger partial charge on any atom is -0.437 e. The maximum atomic E-state index is 6.10. The molecule has 0 N–H and O–H groups in total. The van der Waals surface area contributed by atoms with Crippen molar-refractivity contribution >= 4 is 39.1 Å². The van der Waals surface area contributed by atoms with Crippen LogP contribution < -0.4 is 4.74 Å². The van der Waals surface area contributed by atoms with Crippen molar-refractivity contribution in [2.75, 3.05) is 0 Å². The van der Waals surface area contributed by atoms with Crippen LogP contribution in [0.3, 0.4) is 0 Å². The molecule has 2 aromatic rings. The van der Waals surface area contributed by atoms with Gasteiger partial charge in [-0.05, 0) is 19.1 Å². The van der Waals surface area contributed by atoms with Gasteiger partial charge in [-0.15, -0.1) is 0 Å². The van der Waals surface area contributed by atoms with Crippen molar-refractivity contribution in [3.63, 3.8) is 0 Å². The van der Waals surface area contributed by atoms with Crippen molar-refractivity contribution < 1.29 is 4.74 Å². The van der Waals surface area contributed by atoms with E-state index in [0.717, 1.165) is 11.3 Å². The Kier molecular flexibility index (Phi) is 4.20. The van der Waals surface area contributed by atoms with Gasteiger partial charge in [0.05, 0.1) is 10.7 Å². The largest absolute Gasteiger partial charge is 0.437 e. The van der Waals surface area contributed by atoms with Crippen molar-refractivity contribution in [1.29, 1.82) is 0 Å². The summed E-state index contributed by atoms with van der Waals surface area (Å²) in [7, 11) is 1.83. The van der Waals surface area contributed by atoms with E-state index in [1.807, 2.05) is 14.0 Å². The zero-order valence-electron chi connectivity index (χ0n) is 9.88. The van der Waals surface area contributed by atoms with Crippen molar-refractivity contribution in [2.45, 2.75) is 12.3 Å². The van der Waals surface area contributed by atoms with E-state index >= 15 is 0 Å². The molecule has 0 bridgehead atoms. The molecule has 1 aromatic carbocycles. The zero-order chi connectivity index (χ0) is 13.3. The van der Waals surface area contributed by atoms with Gasteiger partial charge in [0, 0.05) is 17.9 Å². The third-order valence-corrected chi connectivity index (χ3v) is 3.91. The number of benzene rings is 1. The van der Waals surface area contributed by atoms with E-state index < -0.39 is 0 Å². The van der Waals surface area contributed by atoms with Gasteiger partial charge in [-0.25, -0.2) is 4.68 Å². The average molecular weight is 350 g/mol. The number of nitrogens with zero attached hydrogens (tertiary/aromatic N) is 2. The van der Waals surface area contributed by atoms with E-state index in [9.17, 15) is 0 Å². The van der Waals surface area contributed by atoms with Crippen molar-refractivity contribution in [3.05, 3.63) is 39.5 Å². The third kappa shape index (κ3) is 2.51. The molecule has 0 radical (unpaired) electrons. The van der Waals surface area contributed by atoms with Crippen LogP contribution in [0.2, 0.25) is 10.0 Å². The molecule has 2 rings (SSSR count). The highest BCUT2D eigenvalue weighted by atomic mass is 79.9. The Balaban J connectivity index is 2.43. The predicted molar refractivity (Wildman–Crippen MR) is 77.1 cm³/mol. The number of halogens is 3. The van der Waals surface area contributed by atoms with Crippen LogP contribution >= 0.6 is 39.1 Å². The van der Waals surface area contributed by atoms with Crippen LogP contribution in [-0.4, -0.2) is 9.78 Å². The highest BCUT2D eigenvalue weighted by molar-refractivity contribution is 9.08. The fraction of sp³-hybridized carbons (Fsp3) is 0.250. The number of aryl methyl sites for hydroxylation is 2. The molecule has 0 saturated carbocycles. The fourth-order valence-electron chi connectivity index (χ4n) is 1.63. The van der Waals surface area contributed by atoms with Crippen LogP contribution in [0.15, 0.2) is 18.2 Å². The molecule has 0 aliphatic carbocycles. The first kappa shape index (κ1) is 13.7. The molecule has 18 heavy (non-hydrogen) atoms. The lowest BCUT2D eigenvalue weighted by Gasteiger charge is -2.09. The number of ether oxygens (including phenoxy) is 1. The Morgan fingerprint density at radius 3 is 2.78 bits per heavy atom. The number of hydrogen-bond donors (Lipinski definition) is 0. The van der Waals surface area contributed by atoms with Gasteiger partial charge in [0.15, 0.2) is 0 Å². The zero-order valence-corrected chi connectivity index (χ0v) is 13.0. The minimum atomic E-state index is 0.401. The lowest BCUT2D eigenvalue weighted by Crippen LogP contribution is -1.97. The molecular weight excluding hydrogens is 339 g/mol. The molecule has 0 atom stereocenters. The SMILES string of the molecule is Cc1nn(C)c(Oc2cccc(Cl)c2Cl)c1CBr. The lowest BCUT2D eigenvalue weighted by molar-refractivity contribution is 0.428. The van der Waals surface area contributed by atoms with E-state index in [-0.39, 0.29) is 0 Å². The van der Waals surface area contributed by atoms with Crippen LogP contribution in [0.4, 0.5) is 0 Å². The summed E-state index contributed by atoms with van der Waals surface area (Å²) in [5.41, 5.74) is 1.91.